The van der Waals surface area contributed by atoms with E-state index in [4.69, 9.17) is 4.42 Å². The Morgan fingerprint density at radius 1 is 0.354 bits per heavy atom. The molecule has 0 aliphatic heterocycles. The van der Waals surface area contributed by atoms with Crippen LogP contribution in [0.3, 0.4) is 0 Å². The van der Waals surface area contributed by atoms with Crippen molar-refractivity contribution >= 4 is 49.8 Å². The first kappa shape index (κ1) is 27.9. The van der Waals surface area contributed by atoms with E-state index < -0.39 is 0 Å². The molecule has 1 heterocycles. The van der Waals surface area contributed by atoms with Crippen LogP contribution in [0.15, 0.2) is 192 Å². The highest BCUT2D eigenvalue weighted by Gasteiger charge is 2.22. The molecule has 9 aromatic rings. The highest BCUT2D eigenvalue weighted by Crippen LogP contribution is 2.47. The summed E-state index contributed by atoms with van der Waals surface area (Å²) in [7, 11) is 0. The van der Waals surface area contributed by atoms with Crippen molar-refractivity contribution in [1.29, 1.82) is 0 Å². The van der Waals surface area contributed by atoms with E-state index in [1.165, 1.54) is 27.5 Å². The fraction of sp³-hybridized carbons (Fsp3) is 0. The van der Waals surface area contributed by atoms with Crippen molar-refractivity contribution in [3.8, 4) is 33.4 Å². The van der Waals surface area contributed by atoms with Gasteiger partial charge in [0.1, 0.15) is 11.2 Å². The maximum absolute atomic E-state index is 6.34. The molecular formula is C46H31NO. The number of rotatable bonds is 6. The number of fused-ring (bicyclic) bond motifs is 4. The van der Waals surface area contributed by atoms with Crippen molar-refractivity contribution < 1.29 is 4.42 Å². The van der Waals surface area contributed by atoms with Gasteiger partial charge in [0.2, 0.25) is 0 Å². The van der Waals surface area contributed by atoms with Crippen LogP contribution in [0.1, 0.15) is 0 Å². The highest BCUT2D eigenvalue weighted by molar-refractivity contribution is 6.10. The summed E-state index contributed by atoms with van der Waals surface area (Å²) in [6.45, 7) is 0. The Balaban J connectivity index is 1.28. The summed E-state index contributed by atoms with van der Waals surface area (Å²) in [5.41, 5.74) is 12.1. The zero-order chi connectivity index (χ0) is 31.9. The summed E-state index contributed by atoms with van der Waals surface area (Å²) in [5, 5.41) is 4.73. The van der Waals surface area contributed by atoms with Gasteiger partial charge >= 0.3 is 0 Å². The van der Waals surface area contributed by atoms with Crippen LogP contribution in [0, 0.1) is 0 Å². The topological polar surface area (TPSA) is 16.4 Å². The molecule has 2 nitrogen and oxygen atoms in total. The second-order valence-corrected chi connectivity index (χ2v) is 12.1. The quantitative estimate of drug-likeness (QED) is 0.185. The van der Waals surface area contributed by atoms with Gasteiger partial charge in [0.15, 0.2) is 0 Å². The number of anilines is 3. The third-order valence-electron chi connectivity index (χ3n) is 9.27. The number of benzene rings is 8. The van der Waals surface area contributed by atoms with Crippen molar-refractivity contribution in [1.82, 2.24) is 0 Å². The van der Waals surface area contributed by atoms with Gasteiger partial charge in [-0.3, -0.25) is 0 Å². The summed E-state index contributed by atoms with van der Waals surface area (Å²) in [6, 6.07) is 66.9. The van der Waals surface area contributed by atoms with Crippen LogP contribution in [0.25, 0.3) is 66.1 Å². The summed E-state index contributed by atoms with van der Waals surface area (Å²) in [6.07, 6.45) is 0. The van der Waals surface area contributed by atoms with Crippen LogP contribution >= 0.6 is 0 Å². The number of furan rings is 1. The van der Waals surface area contributed by atoms with Crippen LogP contribution in [0.2, 0.25) is 0 Å². The van der Waals surface area contributed by atoms with Gasteiger partial charge < -0.3 is 9.32 Å². The lowest BCUT2D eigenvalue weighted by Crippen LogP contribution is -2.12. The third-order valence-corrected chi connectivity index (χ3v) is 9.27. The Morgan fingerprint density at radius 3 is 1.73 bits per heavy atom. The zero-order valence-electron chi connectivity index (χ0n) is 26.3. The van der Waals surface area contributed by atoms with E-state index in [0.29, 0.717) is 0 Å². The predicted molar refractivity (Wildman–Crippen MR) is 202 cm³/mol. The molecule has 0 saturated carbocycles. The van der Waals surface area contributed by atoms with E-state index in [2.05, 4.69) is 181 Å². The highest BCUT2D eigenvalue weighted by atomic mass is 16.3. The molecule has 0 unspecified atom stereocenters. The maximum Gasteiger partial charge on any atom is 0.136 e. The van der Waals surface area contributed by atoms with Crippen molar-refractivity contribution in [2.45, 2.75) is 0 Å². The fourth-order valence-electron chi connectivity index (χ4n) is 7.11. The predicted octanol–water partition coefficient (Wildman–Crippen LogP) is 13.2. The zero-order valence-corrected chi connectivity index (χ0v) is 26.3. The number of nitrogens with zero attached hydrogens (tertiary/aromatic N) is 1. The third kappa shape index (κ3) is 4.74. The van der Waals surface area contributed by atoms with Gasteiger partial charge in [-0.25, -0.2) is 0 Å². The van der Waals surface area contributed by atoms with Gasteiger partial charge in [-0.15, -0.1) is 0 Å². The lowest BCUT2D eigenvalue weighted by Gasteiger charge is -2.30. The number of hydrogen-bond donors (Lipinski definition) is 0. The average Bonchev–Trinajstić information content (AvgIpc) is 3.54. The molecule has 8 aromatic carbocycles. The monoisotopic (exact) mass is 613 g/mol. The van der Waals surface area contributed by atoms with E-state index in [-0.39, 0.29) is 0 Å². The molecule has 0 amide bonds. The van der Waals surface area contributed by atoms with E-state index in [9.17, 15) is 0 Å². The molecule has 226 valence electrons. The van der Waals surface area contributed by atoms with E-state index >= 15 is 0 Å². The Morgan fingerprint density at radius 2 is 0.938 bits per heavy atom. The Bertz CT molecular complexity index is 2560. The Labute approximate surface area is 279 Å². The normalized spacial score (nSPS) is 11.3. The van der Waals surface area contributed by atoms with Gasteiger partial charge in [0.25, 0.3) is 0 Å². The minimum atomic E-state index is 0.888. The molecule has 0 spiro atoms. The van der Waals surface area contributed by atoms with Crippen molar-refractivity contribution in [3.63, 3.8) is 0 Å². The molecule has 0 atom stereocenters. The van der Waals surface area contributed by atoms with Crippen molar-refractivity contribution in [3.05, 3.63) is 188 Å². The smallest absolute Gasteiger partial charge is 0.136 e. The number of hydrogen-bond acceptors (Lipinski definition) is 2. The van der Waals surface area contributed by atoms with Crippen LogP contribution in [-0.2, 0) is 0 Å². The van der Waals surface area contributed by atoms with Crippen LogP contribution in [-0.4, -0.2) is 0 Å². The van der Waals surface area contributed by atoms with Gasteiger partial charge in [0.05, 0.1) is 11.4 Å². The van der Waals surface area contributed by atoms with Crippen LogP contribution in [0.5, 0.6) is 0 Å². The second kappa shape index (κ2) is 11.8. The molecule has 1 aromatic heterocycles. The largest absolute Gasteiger partial charge is 0.456 e. The summed E-state index contributed by atoms with van der Waals surface area (Å²) in [5.74, 6) is 0. The Kier molecular flexibility index (Phi) is 6.84. The maximum atomic E-state index is 6.34. The van der Waals surface area contributed by atoms with E-state index in [0.717, 1.165) is 55.7 Å². The number of para-hydroxylation sites is 4. The molecule has 0 aliphatic rings. The van der Waals surface area contributed by atoms with Gasteiger partial charge in [-0.05, 0) is 75.5 Å². The van der Waals surface area contributed by atoms with Gasteiger partial charge in [-0.2, -0.15) is 0 Å². The molecule has 0 fully saturated rings. The van der Waals surface area contributed by atoms with E-state index in [1.807, 2.05) is 12.1 Å². The van der Waals surface area contributed by atoms with E-state index in [1.54, 1.807) is 0 Å². The summed E-state index contributed by atoms with van der Waals surface area (Å²) >= 11 is 0. The lowest BCUT2D eigenvalue weighted by molar-refractivity contribution is 0.669. The summed E-state index contributed by atoms with van der Waals surface area (Å²) in [4.78, 5) is 2.40. The minimum absolute atomic E-state index is 0.888. The first-order valence-electron chi connectivity index (χ1n) is 16.4. The first-order chi connectivity index (χ1) is 23.8. The molecule has 0 N–H and O–H groups in total. The molecular weight excluding hydrogens is 583 g/mol. The lowest BCUT2D eigenvalue weighted by atomic mass is 9.90. The molecule has 9 rings (SSSR count). The molecule has 48 heavy (non-hydrogen) atoms. The summed E-state index contributed by atoms with van der Waals surface area (Å²) < 4.78 is 6.34. The molecule has 0 aliphatic carbocycles. The SMILES string of the molecule is c1ccc(-c2cccc3cccc(-c4ccccc4N(c4ccccc4)c4ccccc4-c4ccc5c(c4)oc4ccccc45)c23)cc1. The first-order valence-corrected chi connectivity index (χ1v) is 16.4. The average molecular weight is 614 g/mol. The molecule has 0 bridgehead atoms. The molecule has 0 radical (unpaired) electrons. The van der Waals surface area contributed by atoms with Crippen LogP contribution < -0.4 is 4.90 Å². The molecule has 0 saturated heterocycles. The standard InChI is InChI=1S/C46H31NO/c1-3-15-32(16-4-1)37-24-13-17-33-18-14-25-41(46(33)37)38-22-8-11-27-43(38)47(35-19-5-2-6-20-35)42-26-10-7-21-36(42)34-29-30-40-39-23-9-12-28-44(39)48-45(40)31-34/h1-31H. The van der Waals surface area contributed by atoms with Gasteiger partial charge in [0, 0.05) is 27.6 Å². The minimum Gasteiger partial charge on any atom is -0.456 e. The second-order valence-electron chi connectivity index (χ2n) is 12.1. The van der Waals surface area contributed by atoms with Crippen LogP contribution in [0.4, 0.5) is 17.1 Å². The van der Waals surface area contributed by atoms with Gasteiger partial charge in [-0.1, -0.05) is 146 Å². The fourth-order valence-corrected chi connectivity index (χ4v) is 7.11. The van der Waals surface area contributed by atoms with Crippen molar-refractivity contribution in [2.75, 3.05) is 4.90 Å². The Hall–Kier alpha value is -6.38. The van der Waals surface area contributed by atoms with Crippen molar-refractivity contribution in [2.24, 2.45) is 0 Å². The molecule has 2 heteroatoms.